The van der Waals surface area contributed by atoms with E-state index in [1.54, 1.807) is 36.4 Å². The van der Waals surface area contributed by atoms with Crippen LogP contribution in [0, 0.1) is 5.82 Å². The summed E-state index contributed by atoms with van der Waals surface area (Å²) in [5, 5.41) is 0.476. The number of carbonyl (C=O) groups is 1. The van der Waals surface area contributed by atoms with E-state index < -0.39 is 11.9 Å². The Balaban J connectivity index is 1.79. The van der Waals surface area contributed by atoms with Gasteiger partial charge in [0.15, 0.2) is 0 Å². The Bertz CT molecular complexity index is 1530. The number of nitrogens with two attached hydrogens (primary N) is 1. The molecule has 1 unspecified atom stereocenters. The number of nitrogens with zero attached hydrogens (tertiary/aromatic N) is 4. The molecule has 196 valence electrons. The smallest absolute Gasteiger partial charge is 0.261 e. The van der Waals surface area contributed by atoms with Gasteiger partial charge in [-0.15, -0.1) is 0 Å². The van der Waals surface area contributed by atoms with Crippen molar-refractivity contribution in [3.05, 3.63) is 87.4 Å². The van der Waals surface area contributed by atoms with Crippen LogP contribution in [0.2, 0.25) is 10.0 Å². The van der Waals surface area contributed by atoms with Crippen molar-refractivity contribution in [3.63, 3.8) is 0 Å². The molecule has 0 fully saturated rings. The number of halogens is 3. The zero-order valence-corrected chi connectivity index (χ0v) is 22.3. The number of amides is 1. The molecule has 1 aliphatic rings. The number of ether oxygens (including phenoxy) is 2. The fourth-order valence-corrected chi connectivity index (χ4v) is 5.22. The van der Waals surface area contributed by atoms with Crippen molar-refractivity contribution < 1.29 is 18.7 Å². The van der Waals surface area contributed by atoms with Crippen LogP contribution in [0.25, 0.3) is 11.3 Å². The largest absolute Gasteiger partial charge is 0.480 e. The average Bonchev–Trinajstić information content (AvgIpc) is 3.41. The van der Waals surface area contributed by atoms with Crippen LogP contribution in [0.5, 0.6) is 5.88 Å². The third-order valence-corrected chi connectivity index (χ3v) is 7.04. The van der Waals surface area contributed by atoms with E-state index in [0.29, 0.717) is 34.1 Å². The molecule has 5 rings (SSSR count). The lowest BCUT2D eigenvalue weighted by Gasteiger charge is -2.30. The highest BCUT2D eigenvalue weighted by molar-refractivity contribution is 6.31. The third kappa shape index (κ3) is 4.36. The molecule has 0 saturated carbocycles. The molecule has 2 N–H and O–H groups in total. The van der Waals surface area contributed by atoms with E-state index in [9.17, 15) is 9.18 Å². The van der Waals surface area contributed by atoms with Gasteiger partial charge in [0.25, 0.3) is 5.91 Å². The fraction of sp³-hybridized carbons (Fsp3) is 0.222. The number of anilines is 2. The summed E-state index contributed by atoms with van der Waals surface area (Å²) in [7, 11) is 3.11. The molecule has 2 atom stereocenters. The van der Waals surface area contributed by atoms with Gasteiger partial charge in [0.05, 0.1) is 47.3 Å². The Morgan fingerprint density at radius 2 is 1.84 bits per heavy atom. The van der Waals surface area contributed by atoms with Gasteiger partial charge in [-0.2, -0.15) is 4.98 Å². The highest BCUT2D eigenvalue weighted by Gasteiger charge is 2.44. The molecule has 38 heavy (non-hydrogen) atoms. The standard InChI is InChI=1S/C27H24Cl2FN5O3/c1-14(13-37-2)34-22(19-12-32-27(31)33-25(19)38-3)11-18-24(34)23(15-4-6-16(28)7-5-15)35(26(18)36)17-8-9-21(30)20(29)10-17/h4-12,14,23H,13H2,1-3H3,(H2,31,32,33)/t14?,23-/m1/s1. The van der Waals surface area contributed by atoms with Gasteiger partial charge in [0.1, 0.15) is 11.9 Å². The van der Waals surface area contributed by atoms with Crippen LogP contribution in [-0.4, -0.2) is 41.3 Å². The maximum atomic E-state index is 14.1. The summed E-state index contributed by atoms with van der Waals surface area (Å²) in [5.41, 5.74) is 9.47. The highest BCUT2D eigenvalue weighted by Crippen LogP contribution is 2.47. The minimum absolute atomic E-state index is 0.0654. The van der Waals surface area contributed by atoms with Gasteiger partial charge < -0.3 is 19.8 Å². The van der Waals surface area contributed by atoms with Gasteiger partial charge in [-0.25, -0.2) is 9.37 Å². The fourth-order valence-electron chi connectivity index (χ4n) is 4.92. The molecule has 11 heteroatoms. The SMILES string of the molecule is COCC(C)n1c(-c2cnc(N)nc2OC)cc2c1[C@@H](c1ccc(Cl)cc1)N(c1ccc(F)c(Cl)c1)C2=O. The molecule has 3 heterocycles. The summed E-state index contributed by atoms with van der Waals surface area (Å²) in [6, 6.07) is 12.5. The second kappa shape index (κ2) is 10.2. The van der Waals surface area contributed by atoms with Crippen molar-refractivity contribution in [1.82, 2.24) is 14.5 Å². The zero-order valence-electron chi connectivity index (χ0n) is 20.8. The number of nitrogen functional groups attached to an aromatic ring is 1. The van der Waals surface area contributed by atoms with Crippen LogP contribution in [0.15, 0.2) is 54.7 Å². The van der Waals surface area contributed by atoms with Crippen molar-refractivity contribution >= 4 is 40.7 Å². The second-order valence-corrected chi connectivity index (χ2v) is 9.73. The molecule has 4 aromatic rings. The van der Waals surface area contributed by atoms with E-state index in [4.69, 9.17) is 38.4 Å². The average molecular weight is 556 g/mol. The molecular weight excluding hydrogens is 532 g/mol. The van der Waals surface area contributed by atoms with Crippen LogP contribution in [0.1, 0.15) is 40.6 Å². The first-order valence-electron chi connectivity index (χ1n) is 11.7. The van der Waals surface area contributed by atoms with Gasteiger partial charge in [-0.3, -0.25) is 9.69 Å². The normalized spacial score (nSPS) is 15.6. The van der Waals surface area contributed by atoms with Gasteiger partial charge in [-0.1, -0.05) is 35.3 Å². The Morgan fingerprint density at radius 3 is 2.50 bits per heavy atom. The van der Waals surface area contributed by atoms with Crippen molar-refractivity contribution in [2.75, 3.05) is 31.5 Å². The Labute approximate surface area is 228 Å². The Morgan fingerprint density at radius 1 is 1.11 bits per heavy atom. The molecule has 0 aliphatic carbocycles. The van der Waals surface area contributed by atoms with E-state index in [1.165, 1.54) is 25.3 Å². The lowest BCUT2D eigenvalue weighted by Crippen LogP contribution is -2.30. The molecular formula is C27H24Cl2FN5O3. The van der Waals surface area contributed by atoms with Crippen LogP contribution in [-0.2, 0) is 4.74 Å². The molecule has 1 amide bonds. The zero-order chi connectivity index (χ0) is 27.1. The number of hydrogen-bond acceptors (Lipinski definition) is 6. The molecule has 0 radical (unpaired) electrons. The van der Waals surface area contributed by atoms with Crippen LogP contribution in [0.4, 0.5) is 16.0 Å². The summed E-state index contributed by atoms with van der Waals surface area (Å²) in [4.78, 5) is 24.1. The maximum Gasteiger partial charge on any atom is 0.261 e. The summed E-state index contributed by atoms with van der Waals surface area (Å²) in [5.74, 6) is -0.506. The van der Waals surface area contributed by atoms with Crippen molar-refractivity contribution in [2.45, 2.75) is 19.0 Å². The van der Waals surface area contributed by atoms with E-state index in [-0.39, 0.29) is 28.8 Å². The van der Waals surface area contributed by atoms with Gasteiger partial charge >= 0.3 is 0 Å². The molecule has 0 bridgehead atoms. The molecule has 1 aliphatic heterocycles. The lowest BCUT2D eigenvalue weighted by molar-refractivity contribution is 0.0993. The Hall–Kier alpha value is -3.66. The van der Waals surface area contributed by atoms with Crippen LogP contribution in [0.3, 0.4) is 0 Å². The minimum Gasteiger partial charge on any atom is -0.480 e. The Kier molecular flexibility index (Phi) is 7.00. The van der Waals surface area contributed by atoms with Gasteiger partial charge in [0.2, 0.25) is 11.8 Å². The number of fused-ring (bicyclic) bond motifs is 1. The van der Waals surface area contributed by atoms with E-state index >= 15 is 0 Å². The summed E-state index contributed by atoms with van der Waals surface area (Å²) < 4.78 is 27.1. The number of benzene rings is 2. The summed E-state index contributed by atoms with van der Waals surface area (Å²) in [6.07, 6.45) is 1.57. The summed E-state index contributed by atoms with van der Waals surface area (Å²) >= 11 is 12.3. The van der Waals surface area contributed by atoms with E-state index in [1.807, 2.05) is 23.6 Å². The monoisotopic (exact) mass is 555 g/mol. The lowest BCUT2D eigenvalue weighted by atomic mass is 10.0. The number of hydrogen-bond donors (Lipinski definition) is 1. The van der Waals surface area contributed by atoms with Crippen LogP contribution < -0.4 is 15.4 Å². The van der Waals surface area contributed by atoms with E-state index in [2.05, 4.69) is 9.97 Å². The number of carbonyl (C=O) groups excluding carboxylic acids is 1. The van der Waals surface area contributed by atoms with Crippen molar-refractivity contribution in [2.24, 2.45) is 0 Å². The van der Waals surface area contributed by atoms with Crippen molar-refractivity contribution in [3.8, 4) is 17.1 Å². The molecule has 2 aromatic carbocycles. The van der Waals surface area contributed by atoms with E-state index in [0.717, 1.165) is 11.3 Å². The van der Waals surface area contributed by atoms with Gasteiger partial charge in [0, 0.05) is 24.0 Å². The van der Waals surface area contributed by atoms with Crippen molar-refractivity contribution in [1.29, 1.82) is 0 Å². The van der Waals surface area contributed by atoms with Crippen LogP contribution >= 0.6 is 23.2 Å². The topological polar surface area (TPSA) is 95.5 Å². The predicted molar refractivity (Wildman–Crippen MR) is 145 cm³/mol. The first-order chi connectivity index (χ1) is 18.2. The van der Waals surface area contributed by atoms with Gasteiger partial charge in [-0.05, 0) is 48.9 Å². The second-order valence-electron chi connectivity index (χ2n) is 8.88. The molecule has 0 saturated heterocycles. The maximum absolute atomic E-state index is 14.1. The molecule has 2 aromatic heterocycles. The highest BCUT2D eigenvalue weighted by atomic mass is 35.5. The quantitative estimate of drug-likeness (QED) is 0.303. The number of rotatable bonds is 7. The minimum atomic E-state index is -0.579. The first-order valence-corrected chi connectivity index (χ1v) is 12.5. The molecule has 8 nitrogen and oxygen atoms in total. The molecule has 0 spiro atoms. The predicted octanol–water partition coefficient (Wildman–Crippen LogP) is 5.94. The third-order valence-electron chi connectivity index (χ3n) is 6.50. The number of aromatic nitrogens is 3. The number of methoxy groups -OCH3 is 2. The summed E-state index contributed by atoms with van der Waals surface area (Å²) in [6.45, 7) is 2.34. The first kappa shape index (κ1) is 26.0.